The summed E-state index contributed by atoms with van der Waals surface area (Å²) < 4.78 is 17.5. The van der Waals surface area contributed by atoms with Crippen LogP contribution in [-0.2, 0) is 22.5 Å². The predicted octanol–water partition coefficient (Wildman–Crippen LogP) is 5.41. The Labute approximate surface area is 218 Å². The molecule has 194 valence electrons. The van der Waals surface area contributed by atoms with Crippen LogP contribution in [0.1, 0.15) is 60.0 Å². The molecule has 3 aliphatic rings. The van der Waals surface area contributed by atoms with Gasteiger partial charge in [-0.2, -0.15) is 0 Å². The van der Waals surface area contributed by atoms with E-state index in [0.29, 0.717) is 30.6 Å². The van der Waals surface area contributed by atoms with Crippen molar-refractivity contribution in [2.45, 2.75) is 63.8 Å². The Bertz CT molecular complexity index is 1080. The molecule has 2 aliphatic heterocycles. The van der Waals surface area contributed by atoms with Gasteiger partial charge in [0, 0.05) is 24.7 Å². The van der Waals surface area contributed by atoms with Gasteiger partial charge in [0.15, 0.2) is 0 Å². The van der Waals surface area contributed by atoms with Crippen LogP contribution in [0.3, 0.4) is 0 Å². The van der Waals surface area contributed by atoms with E-state index >= 15 is 0 Å². The molecule has 7 heteroatoms. The number of esters is 1. The molecule has 1 saturated carbocycles. The van der Waals surface area contributed by atoms with Crippen molar-refractivity contribution in [3.05, 3.63) is 58.1 Å². The highest BCUT2D eigenvalue weighted by molar-refractivity contribution is 6.30. The Balaban J connectivity index is 1.41. The van der Waals surface area contributed by atoms with Gasteiger partial charge in [0.1, 0.15) is 12.4 Å². The Morgan fingerprint density at radius 1 is 1.14 bits per heavy atom. The topological polar surface area (TPSA) is 68.2 Å². The number of halogens is 1. The molecule has 2 aromatic rings. The van der Waals surface area contributed by atoms with Gasteiger partial charge in [-0.1, -0.05) is 17.7 Å². The number of hydrogen-bond donors (Lipinski definition) is 1. The van der Waals surface area contributed by atoms with E-state index in [1.807, 2.05) is 24.3 Å². The molecule has 5 rings (SSSR count). The molecule has 6 nitrogen and oxygen atoms in total. The third kappa shape index (κ3) is 5.66. The van der Waals surface area contributed by atoms with Gasteiger partial charge in [-0.15, -0.1) is 0 Å². The molecule has 4 atom stereocenters. The zero-order valence-corrected chi connectivity index (χ0v) is 21.7. The van der Waals surface area contributed by atoms with Gasteiger partial charge in [-0.05, 0) is 98.2 Å². The summed E-state index contributed by atoms with van der Waals surface area (Å²) in [5.41, 5.74) is 3.83. The van der Waals surface area contributed by atoms with Crippen molar-refractivity contribution in [1.82, 2.24) is 0 Å². The normalized spacial score (nSPS) is 26.5. The minimum absolute atomic E-state index is 0.132. The third-order valence-electron chi connectivity index (χ3n) is 8.09. The van der Waals surface area contributed by atoms with E-state index < -0.39 is 0 Å². The number of aliphatic hydroxyl groups excluding tert-OH is 1. The largest absolute Gasteiger partial charge is 0.487 e. The van der Waals surface area contributed by atoms with Crippen LogP contribution in [0.15, 0.2) is 36.4 Å². The number of ether oxygens (including phenoxy) is 3. The lowest BCUT2D eigenvalue weighted by Crippen LogP contribution is -2.47. The second-order valence-electron chi connectivity index (χ2n) is 10.4. The molecule has 0 bridgehead atoms. The molecular formula is C29H36ClNO5. The van der Waals surface area contributed by atoms with Crippen LogP contribution in [0.4, 0.5) is 5.69 Å². The Morgan fingerprint density at radius 2 is 2.03 bits per heavy atom. The smallest absolute Gasteiger partial charge is 0.337 e. The second-order valence-corrected chi connectivity index (χ2v) is 10.8. The zero-order chi connectivity index (χ0) is 25.1. The number of anilines is 1. The van der Waals surface area contributed by atoms with Gasteiger partial charge in [0.05, 0.1) is 30.6 Å². The summed E-state index contributed by atoms with van der Waals surface area (Å²) in [4.78, 5) is 14.8. The first kappa shape index (κ1) is 25.4. The van der Waals surface area contributed by atoms with Crippen molar-refractivity contribution >= 4 is 23.3 Å². The lowest BCUT2D eigenvalue weighted by atomic mass is 9.68. The van der Waals surface area contributed by atoms with Crippen molar-refractivity contribution in [1.29, 1.82) is 0 Å². The quantitative estimate of drug-likeness (QED) is 0.551. The fourth-order valence-corrected chi connectivity index (χ4v) is 6.08. The molecule has 1 N–H and O–H groups in total. The number of hydrogen-bond acceptors (Lipinski definition) is 6. The molecule has 2 fully saturated rings. The van der Waals surface area contributed by atoms with Gasteiger partial charge >= 0.3 is 5.97 Å². The van der Waals surface area contributed by atoms with Crippen molar-refractivity contribution in [3.63, 3.8) is 0 Å². The maximum Gasteiger partial charge on any atom is 0.337 e. The van der Waals surface area contributed by atoms with Crippen LogP contribution in [0, 0.1) is 11.8 Å². The van der Waals surface area contributed by atoms with Gasteiger partial charge in [0.2, 0.25) is 0 Å². The van der Waals surface area contributed by atoms with Crippen molar-refractivity contribution < 1.29 is 24.1 Å². The Kier molecular flexibility index (Phi) is 8.04. The predicted molar refractivity (Wildman–Crippen MR) is 140 cm³/mol. The number of benzene rings is 2. The lowest BCUT2D eigenvalue weighted by Gasteiger charge is -2.46. The highest BCUT2D eigenvalue weighted by atomic mass is 35.5. The van der Waals surface area contributed by atoms with Gasteiger partial charge < -0.3 is 24.2 Å². The summed E-state index contributed by atoms with van der Waals surface area (Å²) in [5.74, 6) is 1.36. The van der Waals surface area contributed by atoms with Crippen LogP contribution in [-0.4, -0.2) is 50.1 Å². The van der Waals surface area contributed by atoms with Crippen molar-refractivity contribution in [3.8, 4) is 5.75 Å². The second kappa shape index (κ2) is 11.4. The van der Waals surface area contributed by atoms with Gasteiger partial charge in [-0.3, -0.25) is 0 Å². The minimum atomic E-state index is -0.349. The average molecular weight is 514 g/mol. The monoisotopic (exact) mass is 513 g/mol. The summed E-state index contributed by atoms with van der Waals surface area (Å²) in [6.45, 7) is 2.84. The number of fused-ring (bicyclic) bond motifs is 2. The first-order valence-corrected chi connectivity index (χ1v) is 13.6. The fourth-order valence-electron chi connectivity index (χ4n) is 5.89. The van der Waals surface area contributed by atoms with Crippen LogP contribution in [0.5, 0.6) is 5.75 Å². The van der Waals surface area contributed by atoms with E-state index in [-0.39, 0.29) is 18.2 Å². The van der Waals surface area contributed by atoms with E-state index in [0.717, 1.165) is 80.1 Å². The highest BCUT2D eigenvalue weighted by Crippen LogP contribution is 2.43. The van der Waals surface area contributed by atoms with Gasteiger partial charge in [0.25, 0.3) is 0 Å². The molecule has 2 heterocycles. The molecule has 2 aromatic carbocycles. The molecule has 0 amide bonds. The van der Waals surface area contributed by atoms with E-state index in [1.54, 1.807) is 6.07 Å². The molecule has 0 unspecified atom stereocenters. The maximum atomic E-state index is 12.4. The van der Waals surface area contributed by atoms with Gasteiger partial charge in [-0.25, -0.2) is 4.79 Å². The number of carbonyl (C=O) groups excluding carboxylic acids is 1. The fraction of sp³-hybridized carbons (Fsp3) is 0.552. The van der Waals surface area contributed by atoms with E-state index in [2.05, 4.69) is 11.0 Å². The molecule has 36 heavy (non-hydrogen) atoms. The lowest BCUT2D eigenvalue weighted by molar-refractivity contribution is -0.101. The molecule has 0 spiro atoms. The van der Waals surface area contributed by atoms with Crippen LogP contribution in [0.2, 0.25) is 5.02 Å². The minimum Gasteiger partial charge on any atom is -0.487 e. The SMILES string of the molecule is COC(=O)c1ccc2c(c1)N(C[C@@H]1CC[C@H]1[C@H]1C[C@@H](O)CCO1)CCCCc1cc(Cl)ccc1CO2. The number of aryl methyl sites for hydroxylation is 1. The Morgan fingerprint density at radius 3 is 2.81 bits per heavy atom. The van der Waals surface area contributed by atoms with Crippen molar-refractivity contribution in [2.24, 2.45) is 11.8 Å². The van der Waals surface area contributed by atoms with Crippen molar-refractivity contribution in [2.75, 3.05) is 31.7 Å². The van der Waals surface area contributed by atoms with E-state index in [1.165, 1.54) is 12.7 Å². The molecule has 1 saturated heterocycles. The van der Waals surface area contributed by atoms with E-state index in [9.17, 15) is 9.90 Å². The third-order valence-corrected chi connectivity index (χ3v) is 8.33. The number of nitrogens with zero attached hydrogens (tertiary/aromatic N) is 1. The molecular weight excluding hydrogens is 478 g/mol. The highest BCUT2D eigenvalue weighted by Gasteiger charge is 2.40. The molecule has 1 aliphatic carbocycles. The molecule has 0 aromatic heterocycles. The number of carbonyl (C=O) groups is 1. The standard InChI is InChI=1S/C29H36ClNO5/c1-34-29(33)20-7-10-27-26(15-20)31(17-21-6-9-25(21)28-16-24(32)11-13-35-28)12-3-2-4-19-14-23(30)8-5-22(19)18-36-27/h5,7-8,10,14-15,21,24-25,28,32H,2-4,6,9,11-13,16-18H2,1H3/t21-,24-,25+,28+/m0/s1. The number of methoxy groups -OCH3 is 1. The van der Waals surface area contributed by atoms with E-state index in [4.69, 9.17) is 25.8 Å². The van der Waals surface area contributed by atoms with Crippen LogP contribution >= 0.6 is 11.6 Å². The van der Waals surface area contributed by atoms with Crippen LogP contribution in [0.25, 0.3) is 0 Å². The Hall–Kier alpha value is -2.28. The summed E-state index contributed by atoms with van der Waals surface area (Å²) in [6.07, 6.45) is 6.64. The summed E-state index contributed by atoms with van der Waals surface area (Å²) in [7, 11) is 1.41. The number of aliphatic hydroxyl groups is 1. The van der Waals surface area contributed by atoms with Crippen LogP contribution < -0.4 is 9.64 Å². The first-order chi connectivity index (χ1) is 17.5. The number of rotatable bonds is 4. The summed E-state index contributed by atoms with van der Waals surface area (Å²) in [6, 6.07) is 11.6. The summed E-state index contributed by atoms with van der Waals surface area (Å²) >= 11 is 6.29. The maximum absolute atomic E-state index is 12.4. The molecule has 0 radical (unpaired) electrons. The summed E-state index contributed by atoms with van der Waals surface area (Å²) in [5, 5.41) is 10.9. The zero-order valence-electron chi connectivity index (χ0n) is 21.0. The first-order valence-electron chi connectivity index (χ1n) is 13.2. The average Bonchev–Trinajstić information content (AvgIpc) is 2.89.